The van der Waals surface area contributed by atoms with Crippen molar-refractivity contribution < 1.29 is 9.53 Å². The fraction of sp³-hybridized carbons (Fsp3) is 0.400. The topological polar surface area (TPSA) is 80.2 Å². The summed E-state index contributed by atoms with van der Waals surface area (Å²) in [5, 5.41) is 5.06. The molecule has 158 valence electrons. The quantitative estimate of drug-likeness (QED) is 0.418. The maximum atomic E-state index is 12.4. The number of carbonyl (C=O) groups is 1. The van der Waals surface area contributed by atoms with Crippen LogP contribution in [0.5, 0.6) is 5.75 Å². The van der Waals surface area contributed by atoms with Crippen LogP contribution in [-0.2, 0) is 4.79 Å². The molecule has 0 bridgehead atoms. The van der Waals surface area contributed by atoms with Crippen LogP contribution in [0.15, 0.2) is 29.6 Å². The van der Waals surface area contributed by atoms with E-state index in [9.17, 15) is 4.79 Å². The number of hydrogen-bond acceptors (Lipinski definition) is 8. The van der Waals surface area contributed by atoms with Crippen LogP contribution in [0.2, 0.25) is 5.02 Å². The summed E-state index contributed by atoms with van der Waals surface area (Å²) in [6, 6.07) is 5.14. The van der Waals surface area contributed by atoms with Crippen molar-refractivity contribution in [1.82, 2.24) is 15.0 Å². The van der Waals surface area contributed by atoms with Crippen LogP contribution in [0.25, 0.3) is 10.3 Å². The molecule has 1 aliphatic heterocycles. The minimum atomic E-state index is -0.136. The van der Waals surface area contributed by atoms with E-state index in [-0.39, 0.29) is 11.7 Å². The summed E-state index contributed by atoms with van der Waals surface area (Å²) in [6.07, 6.45) is 3.95. The summed E-state index contributed by atoms with van der Waals surface area (Å²) in [7, 11) is 1.55. The molecular formula is C20H22ClN5O2S2. The highest BCUT2D eigenvalue weighted by atomic mass is 35.5. The maximum absolute atomic E-state index is 12.4. The van der Waals surface area contributed by atoms with Gasteiger partial charge in [-0.05, 0) is 37.0 Å². The fourth-order valence-corrected chi connectivity index (χ4v) is 5.58. The summed E-state index contributed by atoms with van der Waals surface area (Å²) < 4.78 is 6.06. The van der Waals surface area contributed by atoms with Crippen molar-refractivity contribution in [3.63, 3.8) is 0 Å². The number of nitrogens with zero attached hydrogens (tertiary/aromatic N) is 4. The number of amides is 1. The molecular weight excluding hydrogens is 442 g/mol. The number of aromatic nitrogens is 3. The highest BCUT2D eigenvalue weighted by Gasteiger charge is 2.21. The van der Waals surface area contributed by atoms with Gasteiger partial charge in [-0.25, -0.2) is 9.97 Å². The smallest absolute Gasteiger partial charge is 0.234 e. The third kappa shape index (κ3) is 4.79. The van der Waals surface area contributed by atoms with Crippen molar-refractivity contribution in [2.45, 2.75) is 24.8 Å². The molecule has 2 aromatic heterocycles. The zero-order chi connectivity index (χ0) is 21.1. The Kier molecular flexibility index (Phi) is 6.60. The highest BCUT2D eigenvalue weighted by Crippen LogP contribution is 2.35. The van der Waals surface area contributed by atoms with Crippen molar-refractivity contribution >= 4 is 61.8 Å². The van der Waals surface area contributed by atoms with Gasteiger partial charge in [0.1, 0.15) is 21.8 Å². The molecule has 10 heteroatoms. The van der Waals surface area contributed by atoms with E-state index in [2.05, 4.69) is 27.1 Å². The number of anilines is 2. The summed E-state index contributed by atoms with van der Waals surface area (Å²) in [5.41, 5.74) is 1.31. The first kappa shape index (κ1) is 21.1. The lowest BCUT2D eigenvalue weighted by molar-refractivity contribution is -0.113. The van der Waals surface area contributed by atoms with Crippen molar-refractivity contribution in [2.75, 3.05) is 36.2 Å². The average molecular weight is 464 g/mol. The monoisotopic (exact) mass is 463 g/mol. The van der Waals surface area contributed by atoms with Crippen LogP contribution in [0.1, 0.15) is 19.8 Å². The largest absolute Gasteiger partial charge is 0.495 e. The SMILES string of the molecule is COc1ccc(NC(=O)CSc2ncnc3nc(N4CCC[C@H](C)C4)sc23)cc1Cl. The first-order chi connectivity index (χ1) is 14.5. The summed E-state index contributed by atoms with van der Waals surface area (Å²) in [6.45, 7) is 4.31. The van der Waals surface area contributed by atoms with E-state index < -0.39 is 0 Å². The van der Waals surface area contributed by atoms with Crippen LogP contribution < -0.4 is 15.0 Å². The molecule has 7 nitrogen and oxygen atoms in total. The van der Waals surface area contributed by atoms with Crippen molar-refractivity contribution in [2.24, 2.45) is 5.92 Å². The number of fused-ring (bicyclic) bond motifs is 1. The number of rotatable bonds is 6. The number of hydrogen-bond donors (Lipinski definition) is 1. The second-order valence-electron chi connectivity index (χ2n) is 7.21. The molecule has 0 unspecified atom stereocenters. The van der Waals surface area contributed by atoms with Gasteiger partial charge in [-0.3, -0.25) is 4.79 Å². The van der Waals surface area contributed by atoms with Gasteiger partial charge in [0.15, 0.2) is 10.8 Å². The molecule has 3 aromatic rings. The molecule has 0 aliphatic carbocycles. The van der Waals surface area contributed by atoms with Gasteiger partial charge < -0.3 is 15.0 Å². The number of benzene rings is 1. The second-order valence-corrected chi connectivity index (χ2v) is 9.56. The number of thioether (sulfide) groups is 1. The van der Waals surface area contributed by atoms with Crippen LogP contribution in [0, 0.1) is 5.92 Å². The summed E-state index contributed by atoms with van der Waals surface area (Å²) in [5.74, 6) is 1.32. The Morgan fingerprint density at radius 2 is 2.30 bits per heavy atom. The van der Waals surface area contributed by atoms with E-state index in [1.165, 1.54) is 30.9 Å². The average Bonchev–Trinajstić information content (AvgIpc) is 3.17. The fourth-order valence-electron chi connectivity index (χ4n) is 3.40. The van der Waals surface area contributed by atoms with Gasteiger partial charge in [0, 0.05) is 18.8 Å². The summed E-state index contributed by atoms with van der Waals surface area (Å²) >= 11 is 9.10. The highest BCUT2D eigenvalue weighted by molar-refractivity contribution is 8.00. The zero-order valence-electron chi connectivity index (χ0n) is 16.7. The number of ether oxygens (including phenoxy) is 1. The number of thiazole rings is 1. The molecule has 30 heavy (non-hydrogen) atoms. The predicted octanol–water partition coefficient (Wildman–Crippen LogP) is 4.72. The molecule has 1 aliphatic rings. The zero-order valence-corrected chi connectivity index (χ0v) is 19.1. The first-order valence-electron chi connectivity index (χ1n) is 9.66. The van der Waals surface area contributed by atoms with Crippen molar-refractivity contribution in [1.29, 1.82) is 0 Å². The predicted molar refractivity (Wildman–Crippen MR) is 123 cm³/mol. The van der Waals surface area contributed by atoms with E-state index in [1.54, 1.807) is 36.6 Å². The standard InChI is InChI=1S/C20H22ClN5O2S2/c1-12-4-3-7-26(9-12)20-25-18-17(30-20)19(23-11-22-18)29-10-16(27)24-13-5-6-15(28-2)14(21)8-13/h5-6,8,11-12H,3-4,7,9-10H2,1-2H3,(H,24,27)/t12-/m0/s1. The van der Waals surface area contributed by atoms with Crippen LogP contribution >= 0.6 is 34.7 Å². The minimum absolute atomic E-state index is 0.136. The minimum Gasteiger partial charge on any atom is -0.495 e. The number of nitrogens with one attached hydrogen (secondary N) is 1. The molecule has 4 rings (SSSR count). The second kappa shape index (κ2) is 9.36. The normalized spacial score (nSPS) is 16.6. The number of piperidine rings is 1. The molecule has 3 heterocycles. The Morgan fingerprint density at radius 1 is 1.43 bits per heavy atom. The van der Waals surface area contributed by atoms with Crippen molar-refractivity contribution in [3.05, 3.63) is 29.5 Å². The van der Waals surface area contributed by atoms with Gasteiger partial charge in [-0.2, -0.15) is 4.98 Å². The van der Waals surface area contributed by atoms with E-state index in [1.807, 2.05) is 0 Å². The Morgan fingerprint density at radius 3 is 3.07 bits per heavy atom. The lowest BCUT2D eigenvalue weighted by Gasteiger charge is -2.30. The maximum Gasteiger partial charge on any atom is 0.234 e. The molecule has 1 fully saturated rings. The molecule has 1 atom stereocenters. The van der Waals surface area contributed by atoms with Gasteiger partial charge in [-0.1, -0.05) is 41.6 Å². The Labute approximate surface area is 188 Å². The van der Waals surface area contributed by atoms with Crippen LogP contribution in [-0.4, -0.2) is 46.8 Å². The van der Waals surface area contributed by atoms with Gasteiger partial charge in [0.2, 0.25) is 5.91 Å². The summed E-state index contributed by atoms with van der Waals surface area (Å²) in [4.78, 5) is 28.1. The van der Waals surface area contributed by atoms with Gasteiger partial charge in [-0.15, -0.1) is 0 Å². The molecule has 0 spiro atoms. The van der Waals surface area contributed by atoms with E-state index >= 15 is 0 Å². The molecule has 1 saturated heterocycles. The van der Waals surface area contributed by atoms with Crippen molar-refractivity contribution in [3.8, 4) is 5.75 Å². The van der Waals surface area contributed by atoms with Crippen LogP contribution in [0.4, 0.5) is 10.8 Å². The Hall–Kier alpha value is -2.10. The lowest BCUT2D eigenvalue weighted by atomic mass is 10.0. The van der Waals surface area contributed by atoms with E-state index in [0.29, 0.717) is 28.0 Å². The van der Waals surface area contributed by atoms with Gasteiger partial charge >= 0.3 is 0 Å². The molecule has 0 radical (unpaired) electrons. The van der Waals surface area contributed by atoms with Crippen LogP contribution in [0.3, 0.4) is 0 Å². The number of carbonyl (C=O) groups excluding carboxylic acids is 1. The van der Waals surface area contributed by atoms with Gasteiger partial charge in [0.05, 0.1) is 17.9 Å². The first-order valence-corrected chi connectivity index (χ1v) is 11.8. The van der Waals surface area contributed by atoms with E-state index in [4.69, 9.17) is 21.3 Å². The third-order valence-electron chi connectivity index (χ3n) is 4.85. The Bertz CT molecular complexity index is 1060. The lowest BCUT2D eigenvalue weighted by Crippen LogP contribution is -2.34. The molecule has 1 N–H and O–H groups in total. The van der Waals surface area contributed by atoms with Gasteiger partial charge in [0.25, 0.3) is 0 Å². The molecule has 1 aromatic carbocycles. The molecule has 0 saturated carbocycles. The number of halogens is 1. The molecule has 1 amide bonds. The van der Waals surface area contributed by atoms with E-state index in [0.717, 1.165) is 27.9 Å². The third-order valence-corrected chi connectivity index (χ3v) is 7.38. The Balaban J connectivity index is 1.43. The number of methoxy groups -OCH3 is 1.